The quantitative estimate of drug-likeness (QED) is 0.722. The van der Waals surface area contributed by atoms with Crippen molar-refractivity contribution in [2.24, 2.45) is 5.92 Å². The predicted octanol–water partition coefficient (Wildman–Crippen LogP) is 3.33. The molecule has 2 aromatic carbocycles. The molecule has 3 amide bonds. The number of carbonyl (C=O) groups excluding carboxylic acids is 3. The van der Waals surface area contributed by atoms with Crippen molar-refractivity contribution in [1.29, 1.82) is 0 Å². The van der Waals surface area contributed by atoms with Crippen LogP contribution >= 0.6 is 0 Å². The van der Waals surface area contributed by atoms with Crippen LogP contribution in [0.4, 0.5) is 10.1 Å². The highest BCUT2D eigenvalue weighted by Gasteiger charge is 2.40. The summed E-state index contributed by atoms with van der Waals surface area (Å²) in [4.78, 5) is 40.1. The summed E-state index contributed by atoms with van der Waals surface area (Å²) in [6, 6.07) is 9.17. The minimum atomic E-state index is -0.900. The van der Waals surface area contributed by atoms with Gasteiger partial charge in [-0.25, -0.2) is 4.39 Å². The van der Waals surface area contributed by atoms with E-state index >= 15 is 0 Å². The number of ether oxygens (including phenoxy) is 1. The second kappa shape index (κ2) is 9.08. The molecule has 2 aliphatic heterocycles. The fourth-order valence-electron chi connectivity index (χ4n) is 4.68. The van der Waals surface area contributed by atoms with Gasteiger partial charge in [0.1, 0.15) is 17.6 Å². The van der Waals surface area contributed by atoms with Gasteiger partial charge in [-0.3, -0.25) is 14.4 Å². The smallest absolute Gasteiger partial charge is 0.251 e. The zero-order valence-electron chi connectivity index (χ0n) is 19.9. The summed E-state index contributed by atoms with van der Waals surface area (Å²) in [5, 5.41) is 5.48. The molecule has 2 heterocycles. The van der Waals surface area contributed by atoms with Crippen molar-refractivity contribution in [1.82, 2.24) is 10.2 Å². The number of carbonyl (C=O) groups is 3. The number of nitrogens with zero attached hydrogens (tertiary/aromatic N) is 1. The summed E-state index contributed by atoms with van der Waals surface area (Å²) in [5.41, 5.74) is 2.11. The summed E-state index contributed by atoms with van der Waals surface area (Å²) in [6.45, 7) is 6.35. The summed E-state index contributed by atoms with van der Waals surface area (Å²) < 4.78 is 20.1. The molecule has 2 atom stereocenters. The molecule has 0 bridgehead atoms. The Bertz CT molecular complexity index is 1140. The standard InChI is InChI=1S/C26H30FN3O4/c1-26(2,3)20-8-5-17(13-21(20)27)29-24(32)23-19-7-6-18(34-4)11-15(19)9-10-30(23)25(33)16-12-22(31)28-14-16/h5-8,11,13,16,23H,9-10,12,14H2,1-4H3,(H,28,31)(H,29,32)/t16-,23+/m0/s1. The van der Waals surface area contributed by atoms with Crippen molar-refractivity contribution < 1.29 is 23.5 Å². The lowest BCUT2D eigenvalue weighted by Gasteiger charge is -2.37. The Hall–Kier alpha value is -3.42. The Morgan fingerprint density at radius 3 is 2.56 bits per heavy atom. The summed E-state index contributed by atoms with van der Waals surface area (Å²) >= 11 is 0. The van der Waals surface area contributed by atoms with E-state index in [1.807, 2.05) is 26.8 Å². The van der Waals surface area contributed by atoms with Gasteiger partial charge in [0.2, 0.25) is 11.8 Å². The van der Waals surface area contributed by atoms with Crippen molar-refractivity contribution in [3.05, 3.63) is 58.9 Å². The van der Waals surface area contributed by atoms with Crippen molar-refractivity contribution in [2.45, 2.75) is 45.1 Å². The summed E-state index contributed by atoms with van der Waals surface area (Å²) in [7, 11) is 1.57. The number of fused-ring (bicyclic) bond motifs is 1. The second-order valence-corrected chi connectivity index (χ2v) is 9.89. The molecule has 0 radical (unpaired) electrons. The third-order valence-electron chi connectivity index (χ3n) is 6.48. The van der Waals surface area contributed by atoms with Gasteiger partial charge >= 0.3 is 0 Å². The van der Waals surface area contributed by atoms with Gasteiger partial charge in [0, 0.05) is 25.2 Å². The Morgan fingerprint density at radius 1 is 1.18 bits per heavy atom. The molecule has 34 heavy (non-hydrogen) atoms. The average molecular weight is 468 g/mol. The van der Waals surface area contributed by atoms with Crippen LogP contribution in [0.2, 0.25) is 0 Å². The number of benzene rings is 2. The maximum absolute atomic E-state index is 14.7. The predicted molar refractivity (Wildman–Crippen MR) is 126 cm³/mol. The Labute approximate surface area is 198 Å². The number of hydrogen-bond acceptors (Lipinski definition) is 4. The minimum absolute atomic E-state index is 0.110. The van der Waals surface area contributed by atoms with Crippen LogP contribution in [-0.2, 0) is 26.2 Å². The molecule has 0 saturated carbocycles. The number of nitrogens with one attached hydrogen (secondary N) is 2. The number of amides is 3. The van der Waals surface area contributed by atoms with E-state index in [-0.39, 0.29) is 30.2 Å². The summed E-state index contributed by atoms with van der Waals surface area (Å²) in [5.74, 6) is -1.08. The van der Waals surface area contributed by atoms with Gasteiger partial charge in [0.05, 0.1) is 13.0 Å². The zero-order valence-corrected chi connectivity index (χ0v) is 19.9. The van der Waals surface area contributed by atoms with E-state index in [4.69, 9.17) is 4.74 Å². The van der Waals surface area contributed by atoms with Crippen molar-refractivity contribution in [3.63, 3.8) is 0 Å². The van der Waals surface area contributed by atoms with Gasteiger partial charge in [0.15, 0.2) is 0 Å². The molecule has 0 aliphatic carbocycles. The lowest BCUT2D eigenvalue weighted by atomic mass is 9.86. The van der Waals surface area contributed by atoms with Gasteiger partial charge in [-0.2, -0.15) is 0 Å². The molecule has 2 N–H and O–H groups in total. The van der Waals surface area contributed by atoms with Crippen molar-refractivity contribution in [2.75, 3.05) is 25.5 Å². The van der Waals surface area contributed by atoms with Crippen molar-refractivity contribution in [3.8, 4) is 5.75 Å². The second-order valence-electron chi connectivity index (χ2n) is 9.89. The molecular formula is C26H30FN3O4. The van der Waals surface area contributed by atoms with Gasteiger partial charge in [-0.15, -0.1) is 0 Å². The first kappa shape index (κ1) is 23.7. The molecule has 180 valence electrons. The fourth-order valence-corrected chi connectivity index (χ4v) is 4.68. The van der Waals surface area contributed by atoms with Crippen LogP contribution in [0, 0.1) is 11.7 Å². The van der Waals surface area contributed by atoms with Gasteiger partial charge in [-0.05, 0) is 52.8 Å². The molecule has 7 nitrogen and oxygen atoms in total. The van der Waals surface area contributed by atoms with E-state index in [0.29, 0.717) is 35.5 Å². The molecule has 1 saturated heterocycles. The van der Waals surface area contributed by atoms with E-state index < -0.39 is 23.7 Å². The molecule has 8 heteroatoms. The number of halogens is 1. The van der Waals surface area contributed by atoms with Crippen LogP contribution in [0.5, 0.6) is 5.75 Å². The average Bonchev–Trinajstić information content (AvgIpc) is 3.22. The third kappa shape index (κ3) is 4.62. The maximum Gasteiger partial charge on any atom is 0.251 e. The first-order chi connectivity index (χ1) is 16.1. The zero-order chi connectivity index (χ0) is 24.6. The fraction of sp³-hybridized carbons (Fsp3) is 0.423. The molecule has 0 spiro atoms. The molecule has 2 aliphatic rings. The summed E-state index contributed by atoms with van der Waals surface area (Å²) in [6.07, 6.45) is 0.670. The Kier molecular flexibility index (Phi) is 6.34. The van der Waals surface area contributed by atoms with Crippen LogP contribution in [0.1, 0.15) is 49.9 Å². The topological polar surface area (TPSA) is 87.7 Å². The van der Waals surface area contributed by atoms with Gasteiger partial charge in [-0.1, -0.05) is 32.9 Å². The van der Waals surface area contributed by atoms with E-state index in [0.717, 1.165) is 5.56 Å². The van der Waals surface area contributed by atoms with E-state index in [9.17, 15) is 18.8 Å². The normalized spacial score (nSPS) is 19.9. The van der Waals surface area contributed by atoms with Gasteiger partial charge in [0.25, 0.3) is 5.91 Å². The van der Waals surface area contributed by atoms with Crippen LogP contribution in [-0.4, -0.2) is 42.8 Å². The highest BCUT2D eigenvalue weighted by Crippen LogP contribution is 2.35. The number of hydrogen-bond donors (Lipinski definition) is 2. The lowest BCUT2D eigenvalue weighted by molar-refractivity contribution is -0.142. The highest BCUT2D eigenvalue weighted by atomic mass is 19.1. The molecule has 0 unspecified atom stereocenters. The molecule has 0 aromatic heterocycles. The number of anilines is 1. The molecular weight excluding hydrogens is 437 g/mol. The highest BCUT2D eigenvalue weighted by molar-refractivity contribution is 5.99. The van der Waals surface area contributed by atoms with E-state index in [2.05, 4.69) is 10.6 Å². The number of rotatable bonds is 4. The van der Waals surface area contributed by atoms with Crippen LogP contribution in [0.25, 0.3) is 0 Å². The van der Waals surface area contributed by atoms with Crippen molar-refractivity contribution >= 4 is 23.4 Å². The number of methoxy groups -OCH3 is 1. The molecule has 4 rings (SSSR count). The Balaban J connectivity index is 1.66. The first-order valence-electron chi connectivity index (χ1n) is 11.4. The van der Waals surface area contributed by atoms with Crippen LogP contribution in [0.15, 0.2) is 36.4 Å². The van der Waals surface area contributed by atoms with E-state index in [1.165, 1.54) is 11.0 Å². The first-order valence-corrected chi connectivity index (χ1v) is 11.4. The monoisotopic (exact) mass is 467 g/mol. The van der Waals surface area contributed by atoms with Crippen LogP contribution in [0.3, 0.4) is 0 Å². The minimum Gasteiger partial charge on any atom is -0.497 e. The lowest BCUT2D eigenvalue weighted by Crippen LogP contribution is -2.48. The SMILES string of the molecule is COc1ccc2c(c1)CCN(C(=O)[C@@H]1CNC(=O)C1)[C@H]2C(=O)Nc1ccc(C(C)(C)C)c(F)c1. The van der Waals surface area contributed by atoms with Gasteiger partial charge < -0.3 is 20.3 Å². The largest absolute Gasteiger partial charge is 0.497 e. The Morgan fingerprint density at radius 2 is 1.94 bits per heavy atom. The molecule has 2 aromatic rings. The molecule has 1 fully saturated rings. The van der Waals surface area contributed by atoms with Crippen LogP contribution < -0.4 is 15.4 Å². The third-order valence-corrected chi connectivity index (χ3v) is 6.48. The van der Waals surface area contributed by atoms with E-state index in [1.54, 1.807) is 31.4 Å². The maximum atomic E-state index is 14.7.